The van der Waals surface area contributed by atoms with Gasteiger partial charge in [-0.1, -0.05) is 0 Å². The lowest BCUT2D eigenvalue weighted by atomic mass is 10.1. The first kappa shape index (κ1) is 10.8. The van der Waals surface area contributed by atoms with Gasteiger partial charge in [0.05, 0.1) is 0 Å². The van der Waals surface area contributed by atoms with Gasteiger partial charge in [0.2, 0.25) is 0 Å². The summed E-state index contributed by atoms with van der Waals surface area (Å²) in [4.78, 5) is 11.7. The van der Waals surface area contributed by atoms with Crippen molar-refractivity contribution in [1.29, 1.82) is 0 Å². The fourth-order valence-corrected chi connectivity index (χ4v) is 1.45. The van der Waals surface area contributed by atoms with Crippen LogP contribution in [-0.2, 0) is 6.54 Å². The monoisotopic (exact) mass is 196 g/mol. The zero-order valence-corrected chi connectivity index (χ0v) is 8.79. The summed E-state index contributed by atoms with van der Waals surface area (Å²) < 4.78 is 1.32. The van der Waals surface area contributed by atoms with E-state index >= 15 is 0 Å². The first-order valence-corrected chi connectivity index (χ1v) is 4.60. The van der Waals surface area contributed by atoms with Crippen LogP contribution in [0.1, 0.15) is 16.7 Å². The molecule has 0 aliphatic rings. The Labute approximate surface area is 83.0 Å². The molecule has 0 spiro atoms. The number of aromatic hydroxyl groups is 1. The second kappa shape index (κ2) is 3.84. The second-order valence-corrected chi connectivity index (χ2v) is 3.44. The van der Waals surface area contributed by atoms with Crippen LogP contribution in [0.3, 0.4) is 0 Å². The van der Waals surface area contributed by atoms with Crippen molar-refractivity contribution in [2.75, 3.05) is 6.54 Å². The molecule has 0 saturated heterocycles. The van der Waals surface area contributed by atoms with Gasteiger partial charge >= 0.3 is 0 Å². The Morgan fingerprint density at radius 1 is 1.21 bits per heavy atom. The Morgan fingerprint density at radius 3 is 2.29 bits per heavy atom. The summed E-state index contributed by atoms with van der Waals surface area (Å²) in [5.74, 6) is 0.0311. The van der Waals surface area contributed by atoms with E-state index in [0.29, 0.717) is 18.7 Å². The Hall–Kier alpha value is -1.29. The molecule has 4 nitrogen and oxygen atoms in total. The van der Waals surface area contributed by atoms with E-state index in [1.807, 2.05) is 6.92 Å². The summed E-state index contributed by atoms with van der Waals surface area (Å²) in [7, 11) is 0. The third-order valence-corrected chi connectivity index (χ3v) is 2.63. The molecular formula is C10H16N2O2. The van der Waals surface area contributed by atoms with E-state index in [-0.39, 0.29) is 11.4 Å². The average molecular weight is 196 g/mol. The number of pyridine rings is 1. The Kier molecular flexibility index (Phi) is 2.96. The van der Waals surface area contributed by atoms with E-state index in [1.165, 1.54) is 4.57 Å². The van der Waals surface area contributed by atoms with Gasteiger partial charge in [0.1, 0.15) is 0 Å². The molecule has 0 amide bonds. The maximum absolute atomic E-state index is 11.7. The smallest absolute Gasteiger partial charge is 0.256 e. The minimum atomic E-state index is -0.156. The average Bonchev–Trinajstić information content (AvgIpc) is 2.19. The molecule has 0 aliphatic carbocycles. The third kappa shape index (κ3) is 1.53. The van der Waals surface area contributed by atoms with Crippen LogP contribution in [-0.4, -0.2) is 16.2 Å². The summed E-state index contributed by atoms with van der Waals surface area (Å²) in [5, 5.41) is 9.72. The number of aromatic nitrogens is 1. The lowest BCUT2D eigenvalue weighted by Crippen LogP contribution is -2.27. The largest absolute Gasteiger partial charge is 0.494 e. The highest BCUT2D eigenvalue weighted by Crippen LogP contribution is 2.19. The van der Waals surface area contributed by atoms with Crippen LogP contribution in [0.2, 0.25) is 0 Å². The van der Waals surface area contributed by atoms with Crippen LogP contribution >= 0.6 is 0 Å². The van der Waals surface area contributed by atoms with E-state index in [2.05, 4.69) is 0 Å². The van der Waals surface area contributed by atoms with E-state index in [0.717, 1.165) is 11.1 Å². The fraction of sp³-hybridized carbons (Fsp3) is 0.500. The summed E-state index contributed by atoms with van der Waals surface area (Å²) in [6.45, 7) is 6.09. The molecule has 0 aromatic carbocycles. The highest BCUT2D eigenvalue weighted by atomic mass is 16.3. The lowest BCUT2D eigenvalue weighted by molar-refractivity contribution is 0.402. The van der Waals surface area contributed by atoms with E-state index in [4.69, 9.17) is 5.73 Å². The zero-order chi connectivity index (χ0) is 10.9. The van der Waals surface area contributed by atoms with Gasteiger partial charge in [-0.2, -0.15) is 0 Å². The van der Waals surface area contributed by atoms with Gasteiger partial charge in [-0.15, -0.1) is 0 Å². The molecule has 0 aliphatic heterocycles. The molecule has 0 atom stereocenters. The highest BCUT2D eigenvalue weighted by molar-refractivity contribution is 5.37. The predicted octanol–water partition coefficient (Wildman–Crippen LogP) is 0.438. The second-order valence-electron chi connectivity index (χ2n) is 3.44. The van der Waals surface area contributed by atoms with E-state index in [9.17, 15) is 9.90 Å². The van der Waals surface area contributed by atoms with Crippen LogP contribution in [0.25, 0.3) is 0 Å². The molecule has 0 unspecified atom stereocenters. The van der Waals surface area contributed by atoms with Crippen molar-refractivity contribution in [2.24, 2.45) is 5.73 Å². The summed E-state index contributed by atoms with van der Waals surface area (Å²) in [6, 6.07) is 0. The van der Waals surface area contributed by atoms with Crippen molar-refractivity contribution in [3.8, 4) is 5.88 Å². The van der Waals surface area contributed by atoms with Gasteiger partial charge in [0, 0.05) is 24.2 Å². The highest BCUT2D eigenvalue weighted by Gasteiger charge is 2.12. The van der Waals surface area contributed by atoms with Crippen LogP contribution < -0.4 is 11.3 Å². The van der Waals surface area contributed by atoms with Crippen LogP contribution in [0.4, 0.5) is 0 Å². The minimum Gasteiger partial charge on any atom is -0.494 e. The number of nitrogens with two attached hydrogens (primary N) is 1. The SMILES string of the molecule is Cc1c(C)c(O)n(CCN)c(=O)c1C. The van der Waals surface area contributed by atoms with Gasteiger partial charge in [-0.3, -0.25) is 9.36 Å². The molecule has 78 valence electrons. The van der Waals surface area contributed by atoms with Crippen LogP contribution in [0, 0.1) is 20.8 Å². The van der Waals surface area contributed by atoms with Crippen molar-refractivity contribution in [1.82, 2.24) is 4.57 Å². The number of hydrogen-bond donors (Lipinski definition) is 2. The molecule has 0 fully saturated rings. The number of hydrogen-bond acceptors (Lipinski definition) is 3. The maximum atomic E-state index is 11.7. The molecular weight excluding hydrogens is 180 g/mol. The normalized spacial score (nSPS) is 10.6. The van der Waals surface area contributed by atoms with Crippen molar-refractivity contribution in [3.05, 3.63) is 27.0 Å². The summed E-state index contributed by atoms with van der Waals surface area (Å²) in [5.41, 5.74) is 7.48. The number of rotatable bonds is 2. The first-order valence-electron chi connectivity index (χ1n) is 4.60. The van der Waals surface area contributed by atoms with E-state index < -0.39 is 0 Å². The molecule has 0 saturated carbocycles. The van der Waals surface area contributed by atoms with Crippen molar-refractivity contribution in [3.63, 3.8) is 0 Å². The first-order chi connectivity index (χ1) is 6.50. The van der Waals surface area contributed by atoms with Gasteiger partial charge in [-0.05, 0) is 26.3 Å². The van der Waals surface area contributed by atoms with Gasteiger partial charge < -0.3 is 10.8 Å². The van der Waals surface area contributed by atoms with Crippen molar-refractivity contribution < 1.29 is 5.11 Å². The molecule has 14 heavy (non-hydrogen) atoms. The van der Waals surface area contributed by atoms with Crippen LogP contribution in [0.5, 0.6) is 5.88 Å². The third-order valence-electron chi connectivity index (χ3n) is 2.63. The topological polar surface area (TPSA) is 68.2 Å². The molecule has 3 N–H and O–H groups in total. The van der Waals surface area contributed by atoms with Crippen LogP contribution in [0.15, 0.2) is 4.79 Å². The zero-order valence-electron chi connectivity index (χ0n) is 8.79. The lowest BCUT2D eigenvalue weighted by Gasteiger charge is -2.13. The summed E-state index contributed by atoms with van der Waals surface area (Å²) >= 11 is 0. The van der Waals surface area contributed by atoms with Crippen molar-refractivity contribution >= 4 is 0 Å². The molecule has 1 aromatic rings. The molecule has 4 heteroatoms. The Morgan fingerprint density at radius 2 is 1.79 bits per heavy atom. The minimum absolute atomic E-state index is 0.0311. The standard InChI is InChI=1S/C10H16N2O2/c1-6-7(2)9(13)12(5-4-11)10(14)8(6)3/h13H,4-5,11H2,1-3H3. The quantitative estimate of drug-likeness (QED) is 0.721. The Bertz CT molecular complexity index is 408. The summed E-state index contributed by atoms with van der Waals surface area (Å²) in [6.07, 6.45) is 0. The fourth-order valence-electron chi connectivity index (χ4n) is 1.45. The van der Waals surface area contributed by atoms with Gasteiger partial charge in [-0.25, -0.2) is 0 Å². The molecule has 1 rings (SSSR count). The molecule has 1 aromatic heterocycles. The predicted molar refractivity (Wildman–Crippen MR) is 55.6 cm³/mol. The molecule has 0 bridgehead atoms. The molecule has 1 heterocycles. The van der Waals surface area contributed by atoms with Gasteiger partial charge in [0.25, 0.3) is 5.56 Å². The number of nitrogens with zero attached hydrogens (tertiary/aromatic N) is 1. The molecule has 0 radical (unpaired) electrons. The van der Waals surface area contributed by atoms with Gasteiger partial charge in [0.15, 0.2) is 5.88 Å². The maximum Gasteiger partial charge on any atom is 0.256 e. The van der Waals surface area contributed by atoms with Crippen molar-refractivity contribution in [2.45, 2.75) is 27.3 Å². The van der Waals surface area contributed by atoms with E-state index in [1.54, 1.807) is 13.8 Å². The Balaban J connectivity index is 3.52.